The van der Waals surface area contributed by atoms with E-state index in [1.165, 1.54) is 6.07 Å². The Bertz CT molecular complexity index is 856. The molecule has 0 bridgehead atoms. The largest absolute Gasteiger partial charge is 0.391 e. The van der Waals surface area contributed by atoms with Crippen molar-refractivity contribution in [1.82, 2.24) is 5.16 Å². The fraction of sp³-hybridized carbons (Fsp3) is 0.0625. The molecular weight excluding hydrogens is 314 g/mol. The number of benzene rings is 2. The summed E-state index contributed by atoms with van der Waals surface area (Å²) in [5.74, 6) is -3.82. The lowest BCUT2D eigenvalue weighted by Gasteiger charge is -2.03. The Morgan fingerprint density at radius 1 is 0.870 bits per heavy atom. The first kappa shape index (κ1) is 15.2. The van der Waals surface area contributed by atoms with E-state index in [1.807, 2.05) is 0 Å². The van der Waals surface area contributed by atoms with Gasteiger partial charge in [0.25, 0.3) is 0 Å². The molecule has 0 aliphatic heterocycles. The lowest BCUT2D eigenvalue weighted by Crippen LogP contribution is -1.92. The fourth-order valence-electron chi connectivity index (χ4n) is 2.24. The van der Waals surface area contributed by atoms with Gasteiger partial charge in [-0.15, -0.1) is 0 Å². The summed E-state index contributed by atoms with van der Waals surface area (Å²) in [5.41, 5.74) is 0.375. The molecule has 1 N–H and O–H groups in total. The van der Waals surface area contributed by atoms with Crippen molar-refractivity contribution in [2.45, 2.75) is 6.61 Å². The molecule has 1 heterocycles. The summed E-state index contributed by atoms with van der Waals surface area (Å²) in [7, 11) is 0. The van der Waals surface area contributed by atoms with Crippen LogP contribution in [0, 0.1) is 23.3 Å². The summed E-state index contributed by atoms with van der Waals surface area (Å²) < 4.78 is 58.0. The lowest BCUT2D eigenvalue weighted by atomic mass is 10.0. The van der Waals surface area contributed by atoms with E-state index in [0.717, 1.165) is 24.3 Å². The highest BCUT2D eigenvalue weighted by molar-refractivity contribution is 5.72. The molecule has 118 valence electrons. The van der Waals surface area contributed by atoms with Crippen LogP contribution in [0.25, 0.3) is 22.6 Å². The second kappa shape index (κ2) is 5.85. The van der Waals surface area contributed by atoms with Crippen LogP contribution in [0.15, 0.2) is 40.9 Å². The van der Waals surface area contributed by atoms with Gasteiger partial charge < -0.3 is 9.63 Å². The molecule has 3 rings (SSSR count). The van der Waals surface area contributed by atoms with E-state index < -0.39 is 29.9 Å². The van der Waals surface area contributed by atoms with Gasteiger partial charge in [-0.1, -0.05) is 5.16 Å². The van der Waals surface area contributed by atoms with Crippen LogP contribution >= 0.6 is 0 Å². The highest BCUT2D eigenvalue weighted by Gasteiger charge is 2.20. The van der Waals surface area contributed by atoms with Crippen LogP contribution < -0.4 is 0 Å². The average molecular weight is 323 g/mol. The van der Waals surface area contributed by atoms with Crippen molar-refractivity contribution in [2.75, 3.05) is 0 Å². The van der Waals surface area contributed by atoms with Crippen LogP contribution in [0.3, 0.4) is 0 Å². The number of rotatable bonds is 3. The van der Waals surface area contributed by atoms with E-state index in [9.17, 15) is 22.7 Å². The lowest BCUT2D eigenvalue weighted by molar-refractivity contribution is 0.281. The van der Waals surface area contributed by atoms with Crippen molar-refractivity contribution in [3.63, 3.8) is 0 Å². The second-order valence-corrected chi connectivity index (χ2v) is 4.78. The van der Waals surface area contributed by atoms with Gasteiger partial charge in [-0.3, -0.25) is 0 Å². The molecule has 0 saturated carbocycles. The number of nitrogens with zero attached hydrogens (tertiary/aromatic N) is 1. The molecule has 3 aromatic rings. The zero-order valence-corrected chi connectivity index (χ0v) is 11.5. The maximum atomic E-state index is 13.3. The van der Waals surface area contributed by atoms with Crippen LogP contribution in [0.5, 0.6) is 0 Å². The summed E-state index contributed by atoms with van der Waals surface area (Å²) >= 11 is 0. The summed E-state index contributed by atoms with van der Waals surface area (Å²) in [4.78, 5) is 0. The SMILES string of the molecule is OCc1c(-c2ccc(F)c(F)c2)noc1-c1cc(F)cc(F)c1. The second-order valence-electron chi connectivity index (χ2n) is 4.78. The van der Waals surface area contributed by atoms with Crippen molar-refractivity contribution in [3.05, 3.63) is 65.2 Å². The van der Waals surface area contributed by atoms with Crippen LogP contribution in [-0.4, -0.2) is 10.3 Å². The number of aliphatic hydroxyl groups excluding tert-OH is 1. The molecule has 0 radical (unpaired) electrons. The molecule has 0 spiro atoms. The molecule has 0 saturated heterocycles. The van der Waals surface area contributed by atoms with Crippen molar-refractivity contribution >= 4 is 0 Å². The van der Waals surface area contributed by atoms with Gasteiger partial charge in [0.1, 0.15) is 17.3 Å². The molecule has 7 heteroatoms. The molecule has 0 atom stereocenters. The summed E-state index contributed by atoms with van der Waals surface area (Å²) in [6, 6.07) is 5.76. The Kier molecular flexibility index (Phi) is 3.87. The minimum Gasteiger partial charge on any atom is -0.391 e. The van der Waals surface area contributed by atoms with Gasteiger partial charge in [-0.25, -0.2) is 17.6 Å². The number of hydrogen-bond acceptors (Lipinski definition) is 3. The molecule has 0 amide bonds. The quantitative estimate of drug-likeness (QED) is 0.740. The van der Waals surface area contributed by atoms with E-state index in [1.54, 1.807) is 0 Å². The van der Waals surface area contributed by atoms with E-state index in [2.05, 4.69) is 5.16 Å². The van der Waals surface area contributed by atoms with Crippen molar-refractivity contribution in [1.29, 1.82) is 0 Å². The van der Waals surface area contributed by atoms with Gasteiger partial charge in [-0.2, -0.15) is 0 Å². The van der Waals surface area contributed by atoms with Crippen molar-refractivity contribution in [3.8, 4) is 22.6 Å². The van der Waals surface area contributed by atoms with Crippen molar-refractivity contribution in [2.24, 2.45) is 0 Å². The van der Waals surface area contributed by atoms with Crippen molar-refractivity contribution < 1.29 is 27.2 Å². The molecule has 1 aromatic heterocycles. The third-order valence-electron chi connectivity index (χ3n) is 3.26. The van der Waals surface area contributed by atoms with E-state index in [-0.39, 0.29) is 28.1 Å². The van der Waals surface area contributed by atoms with Gasteiger partial charge in [-0.05, 0) is 30.3 Å². The Hall–Kier alpha value is -2.67. The zero-order chi connectivity index (χ0) is 16.6. The molecule has 0 unspecified atom stereocenters. The summed E-state index contributed by atoms with van der Waals surface area (Å²) in [6.45, 7) is -0.564. The number of halogens is 4. The summed E-state index contributed by atoms with van der Waals surface area (Å²) in [6.07, 6.45) is 0. The molecule has 0 fully saturated rings. The predicted octanol–water partition coefficient (Wildman–Crippen LogP) is 4.06. The normalized spacial score (nSPS) is 11.0. The highest BCUT2D eigenvalue weighted by atomic mass is 19.2. The van der Waals surface area contributed by atoms with Crippen LogP contribution in [0.2, 0.25) is 0 Å². The highest BCUT2D eigenvalue weighted by Crippen LogP contribution is 2.33. The van der Waals surface area contributed by atoms with Gasteiger partial charge >= 0.3 is 0 Å². The van der Waals surface area contributed by atoms with E-state index in [4.69, 9.17) is 4.52 Å². The summed E-state index contributed by atoms with van der Waals surface area (Å²) in [5, 5.41) is 13.2. The zero-order valence-electron chi connectivity index (χ0n) is 11.5. The maximum Gasteiger partial charge on any atom is 0.173 e. The average Bonchev–Trinajstić information content (AvgIpc) is 2.93. The van der Waals surface area contributed by atoms with Gasteiger partial charge in [0, 0.05) is 17.2 Å². The molecule has 0 aliphatic rings. The smallest absolute Gasteiger partial charge is 0.173 e. The Balaban J connectivity index is 2.14. The van der Waals surface area contributed by atoms with Crippen LogP contribution in [0.4, 0.5) is 17.6 Å². The topological polar surface area (TPSA) is 46.3 Å². The monoisotopic (exact) mass is 323 g/mol. The molecule has 0 aliphatic carbocycles. The minimum absolute atomic E-state index is 0.0351. The van der Waals surface area contributed by atoms with Gasteiger partial charge in [0.05, 0.1) is 12.2 Å². The minimum atomic E-state index is -1.09. The first-order chi connectivity index (χ1) is 11.0. The van der Waals surface area contributed by atoms with E-state index >= 15 is 0 Å². The Morgan fingerprint density at radius 3 is 2.17 bits per heavy atom. The molecule has 2 aromatic carbocycles. The maximum absolute atomic E-state index is 13.3. The third-order valence-corrected chi connectivity index (χ3v) is 3.26. The standard InChI is InChI=1S/C16H9F4NO2/c17-10-3-9(4-11(18)6-10)16-12(7-22)15(21-23-16)8-1-2-13(19)14(20)5-8/h1-6,22H,7H2. The van der Waals surface area contributed by atoms with Gasteiger partial charge in [0.15, 0.2) is 17.4 Å². The molecule has 23 heavy (non-hydrogen) atoms. The number of aliphatic hydroxyl groups is 1. The molecular formula is C16H9F4NO2. The third kappa shape index (κ3) is 2.83. The van der Waals surface area contributed by atoms with Gasteiger partial charge in [0.2, 0.25) is 0 Å². The van der Waals surface area contributed by atoms with Crippen LogP contribution in [-0.2, 0) is 6.61 Å². The molecule has 3 nitrogen and oxygen atoms in total. The first-order valence-corrected chi connectivity index (χ1v) is 6.51. The Labute approximate surface area is 127 Å². The number of hydrogen-bond donors (Lipinski definition) is 1. The Morgan fingerprint density at radius 2 is 1.57 bits per heavy atom. The number of aromatic nitrogens is 1. The first-order valence-electron chi connectivity index (χ1n) is 6.51. The predicted molar refractivity (Wildman–Crippen MR) is 73.1 cm³/mol. The van der Waals surface area contributed by atoms with Crippen LogP contribution in [0.1, 0.15) is 5.56 Å². The fourth-order valence-corrected chi connectivity index (χ4v) is 2.24. The van der Waals surface area contributed by atoms with E-state index in [0.29, 0.717) is 6.07 Å².